The normalized spacial score (nSPS) is 10.9. The van der Waals surface area contributed by atoms with Gasteiger partial charge in [0.05, 0.1) is 11.4 Å². The van der Waals surface area contributed by atoms with E-state index in [1.165, 1.54) is 23.1 Å². The first kappa shape index (κ1) is 23.2. The van der Waals surface area contributed by atoms with Crippen LogP contribution in [0.5, 0.6) is 0 Å². The minimum Gasteiger partial charge on any atom is -0.326 e. The fraction of sp³-hybridized carbons (Fsp3) is 0.350. The second kappa shape index (κ2) is 10.3. The summed E-state index contributed by atoms with van der Waals surface area (Å²) in [5.41, 5.74) is 2.53. The maximum atomic E-state index is 12.2. The van der Waals surface area contributed by atoms with Crippen LogP contribution in [0.1, 0.15) is 28.4 Å². The van der Waals surface area contributed by atoms with Gasteiger partial charge in [0.2, 0.25) is 11.8 Å². The third-order valence-electron chi connectivity index (χ3n) is 4.56. The Labute approximate surface area is 193 Å². The molecule has 0 aliphatic rings. The van der Waals surface area contributed by atoms with Gasteiger partial charge in [-0.15, -0.1) is 21.5 Å². The third kappa shape index (κ3) is 6.28. The number of hydrogen-bond donors (Lipinski definition) is 2. The number of amides is 2. The Balaban J connectivity index is 1.48. The van der Waals surface area contributed by atoms with Gasteiger partial charge in [0.15, 0.2) is 10.3 Å². The van der Waals surface area contributed by atoms with Crippen LogP contribution < -0.4 is 10.6 Å². The fourth-order valence-electron chi connectivity index (χ4n) is 2.62. The molecule has 3 rings (SSSR count). The minimum atomic E-state index is -0.153. The van der Waals surface area contributed by atoms with Gasteiger partial charge in [-0.25, -0.2) is 4.98 Å². The highest BCUT2D eigenvalue weighted by Crippen LogP contribution is 2.23. The highest BCUT2D eigenvalue weighted by Gasteiger charge is 2.14. The average Bonchev–Trinajstić information content (AvgIpc) is 3.22. The molecule has 8 nitrogen and oxygen atoms in total. The van der Waals surface area contributed by atoms with E-state index in [1.54, 1.807) is 10.6 Å². The maximum Gasteiger partial charge on any atom is 0.236 e. The Morgan fingerprint density at radius 1 is 1.16 bits per heavy atom. The number of carbonyl (C=O) groups is 2. The van der Waals surface area contributed by atoms with Gasteiger partial charge >= 0.3 is 0 Å². The van der Waals surface area contributed by atoms with E-state index in [0.717, 1.165) is 16.1 Å². The zero-order valence-corrected chi connectivity index (χ0v) is 20.0. The van der Waals surface area contributed by atoms with Gasteiger partial charge in [0.1, 0.15) is 5.82 Å². The van der Waals surface area contributed by atoms with Crippen molar-refractivity contribution in [3.8, 4) is 0 Å². The molecule has 0 atom stereocenters. The van der Waals surface area contributed by atoms with Crippen molar-refractivity contribution in [1.29, 1.82) is 0 Å². The van der Waals surface area contributed by atoms with E-state index in [2.05, 4.69) is 25.8 Å². The molecule has 0 unspecified atom stereocenters. The summed E-state index contributed by atoms with van der Waals surface area (Å²) in [6.07, 6.45) is 0.685. The first-order valence-corrected chi connectivity index (χ1v) is 11.7. The maximum absolute atomic E-state index is 12.2. The van der Waals surface area contributed by atoms with Gasteiger partial charge in [-0.3, -0.25) is 9.59 Å². The van der Waals surface area contributed by atoms with E-state index in [0.29, 0.717) is 33.2 Å². The van der Waals surface area contributed by atoms with Crippen molar-refractivity contribution in [3.63, 3.8) is 0 Å². The first-order valence-electron chi connectivity index (χ1n) is 9.54. The van der Waals surface area contributed by atoms with Gasteiger partial charge in [-0.2, -0.15) is 0 Å². The van der Waals surface area contributed by atoms with Crippen molar-refractivity contribution in [3.05, 3.63) is 45.2 Å². The summed E-state index contributed by atoms with van der Waals surface area (Å²) in [4.78, 5) is 29.8. The molecule has 0 aliphatic carbocycles. The van der Waals surface area contributed by atoms with Crippen LogP contribution in [-0.4, -0.2) is 37.3 Å². The Morgan fingerprint density at radius 3 is 2.61 bits per heavy atom. The summed E-state index contributed by atoms with van der Waals surface area (Å²) in [7, 11) is 1.82. The smallest absolute Gasteiger partial charge is 0.236 e. The fourth-order valence-corrected chi connectivity index (χ4v) is 4.36. The van der Waals surface area contributed by atoms with Crippen LogP contribution in [0.25, 0.3) is 0 Å². The predicted octanol–water partition coefficient (Wildman–Crippen LogP) is 4.15. The molecule has 0 saturated heterocycles. The van der Waals surface area contributed by atoms with E-state index in [1.807, 2.05) is 40.0 Å². The summed E-state index contributed by atoms with van der Waals surface area (Å²) in [5.74, 6) is 0.578. The molecular formula is C20H23ClN6O2S2. The third-order valence-corrected chi connectivity index (χ3v) is 6.98. The largest absolute Gasteiger partial charge is 0.326 e. The lowest BCUT2D eigenvalue weighted by Crippen LogP contribution is -2.15. The number of rotatable bonds is 8. The molecule has 2 amide bonds. The molecule has 2 aromatic heterocycles. The molecule has 0 saturated carbocycles. The van der Waals surface area contributed by atoms with Gasteiger partial charge in [-0.1, -0.05) is 29.4 Å². The quantitative estimate of drug-likeness (QED) is 0.471. The molecule has 0 spiro atoms. The molecule has 0 fully saturated rings. The van der Waals surface area contributed by atoms with Gasteiger partial charge in [-0.05, 0) is 38.5 Å². The zero-order valence-electron chi connectivity index (χ0n) is 17.7. The van der Waals surface area contributed by atoms with Crippen LogP contribution in [-0.2, 0) is 23.1 Å². The zero-order chi connectivity index (χ0) is 22.5. The number of aromatic nitrogens is 4. The number of hydrogen-bond acceptors (Lipinski definition) is 7. The molecular weight excluding hydrogens is 456 g/mol. The molecule has 1 aromatic carbocycles. The minimum absolute atomic E-state index is 0.134. The average molecular weight is 479 g/mol. The van der Waals surface area contributed by atoms with E-state index in [9.17, 15) is 9.59 Å². The number of nitrogens with one attached hydrogen (secondary N) is 2. The van der Waals surface area contributed by atoms with Crippen LogP contribution in [0.3, 0.4) is 0 Å². The van der Waals surface area contributed by atoms with Crippen molar-refractivity contribution in [2.45, 2.75) is 38.8 Å². The lowest BCUT2D eigenvalue weighted by Gasteiger charge is -2.07. The number of anilines is 2. The van der Waals surface area contributed by atoms with Crippen molar-refractivity contribution >= 4 is 57.3 Å². The summed E-state index contributed by atoms with van der Waals surface area (Å²) in [6.45, 7) is 5.78. The highest BCUT2D eigenvalue weighted by molar-refractivity contribution is 7.99. The lowest BCUT2D eigenvalue weighted by molar-refractivity contribution is -0.116. The molecule has 0 radical (unpaired) electrons. The van der Waals surface area contributed by atoms with Gasteiger partial charge in [0, 0.05) is 35.5 Å². The van der Waals surface area contributed by atoms with E-state index >= 15 is 0 Å². The summed E-state index contributed by atoms with van der Waals surface area (Å²) in [6, 6.07) is 5.40. The van der Waals surface area contributed by atoms with Crippen LogP contribution in [0, 0.1) is 20.8 Å². The number of nitrogens with zero attached hydrogens (tertiary/aromatic N) is 4. The standard InChI is InChI=1S/C20H23ClN6O2S2/c1-11-5-6-14(9-15(11)21)23-17(28)8-7-16-25-26-20(27(16)4)30-10-18(29)24-19-22-12(2)13(3)31-19/h5-6,9H,7-8,10H2,1-4H3,(H,23,28)(H,22,24,29). The predicted molar refractivity (Wildman–Crippen MR) is 125 cm³/mol. The van der Waals surface area contributed by atoms with Crippen LogP contribution in [0.2, 0.25) is 5.02 Å². The topological polar surface area (TPSA) is 102 Å². The Kier molecular flexibility index (Phi) is 7.69. The van der Waals surface area contributed by atoms with Gasteiger partial charge in [0.25, 0.3) is 0 Å². The molecule has 0 aliphatic heterocycles. The highest BCUT2D eigenvalue weighted by atomic mass is 35.5. The Bertz CT molecular complexity index is 1090. The number of thioether (sulfide) groups is 1. The van der Waals surface area contributed by atoms with Crippen LogP contribution in [0.15, 0.2) is 23.4 Å². The molecule has 3 aromatic rings. The Hall–Kier alpha value is -2.43. The van der Waals surface area contributed by atoms with Gasteiger partial charge < -0.3 is 15.2 Å². The SMILES string of the molecule is Cc1ccc(NC(=O)CCc2nnc(SCC(=O)Nc3nc(C)c(C)s3)n2C)cc1Cl. The number of carbonyl (C=O) groups excluding carboxylic acids is 2. The first-order chi connectivity index (χ1) is 14.7. The summed E-state index contributed by atoms with van der Waals surface area (Å²) >= 11 is 8.83. The lowest BCUT2D eigenvalue weighted by atomic mass is 10.2. The van der Waals surface area contributed by atoms with Crippen LogP contribution in [0.4, 0.5) is 10.8 Å². The van der Waals surface area contributed by atoms with Crippen LogP contribution >= 0.6 is 34.7 Å². The monoisotopic (exact) mass is 478 g/mol. The molecule has 11 heteroatoms. The molecule has 164 valence electrons. The molecule has 0 bridgehead atoms. The summed E-state index contributed by atoms with van der Waals surface area (Å²) in [5, 5.41) is 15.7. The van der Waals surface area contributed by atoms with Crippen molar-refractivity contribution in [1.82, 2.24) is 19.7 Å². The van der Waals surface area contributed by atoms with Crippen molar-refractivity contribution in [2.75, 3.05) is 16.4 Å². The molecule has 31 heavy (non-hydrogen) atoms. The Morgan fingerprint density at radius 2 is 1.94 bits per heavy atom. The van der Waals surface area contributed by atoms with E-state index in [-0.39, 0.29) is 24.0 Å². The second-order valence-corrected chi connectivity index (χ2v) is 9.52. The number of thiazole rings is 1. The van der Waals surface area contributed by atoms with E-state index in [4.69, 9.17) is 11.6 Å². The summed E-state index contributed by atoms with van der Waals surface area (Å²) < 4.78 is 1.80. The number of aryl methyl sites for hydroxylation is 4. The second-order valence-electron chi connectivity index (χ2n) is 6.97. The number of benzene rings is 1. The molecule has 2 heterocycles. The number of halogens is 1. The van der Waals surface area contributed by atoms with Crippen molar-refractivity contribution < 1.29 is 9.59 Å². The van der Waals surface area contributed by atoms with Crippen molar-refractivity contribution in [2.24, 2.45) is 7.05 Å². The molecule has 2 N–H and O–H groups in total. The van der Waals surface area contributed by atoms with E-state index < -0.39 is 0 Å².